The molecular weight excluding hydrogens is 356 g/mol. The van der Waals surface area contributed by atoms with Crippen molar-refractivity contribution in [2.45, 2.75) is 19.9 Å². The fourth-order valence-electron chi connectivity index (χ4n) is 3.82. The molecule has 5 rings (SSSR count). The predicted molar refractivity (Wildman–Crippen MR) is 105 cm³/mol. The van der Waals surface area contributed by atoms with Crippen LogP contribution in [0.2, 0.25) is 0 Å². The molecule has 1 atom stereocenters. The zero-order chi connectivity index (χ0) is 19.3. The average Bonchev–Trinajstić information content (AvgIpc) is 3.40. The Morgan fingerprint density at radius 2 is 2.14 bits per heavy atom. The van der Waals surface area contributed by atoms with Crippen LogP contribution in [0.4, 0.5) is 5.82 Å². The van der Waals surface area contributed by atoms with Crippen molar-refractivity contribution in [2.75, 3.05) is 24.7 Å². The molecule has 9 nitrogen and oxygen atoms in total. The van der Waals surface area contributed by atoms with Gasteiger partial charge in [-0.3, -0.25) is 9.78 Å². The molecule has 4 aromatic rings. The first-order valence-electron chi connectivity index (χ1n) is 9.35. The summed E-state index contributed by atoms with van der Waals surface area (Å²) in [5, 5.41) is 16.5. The molecule has 1 N–H and O–H groups in total. The van der Waals surface area contributed by atoms with Crippen LogP contribution < -0.4 is 4.90 Å². The van der Waals surface area contributed by atoms with E-state index in [0.717, 1.165) is 46.2 Å². The minimum atomic E-state index is 0.251. The van der Waals surface area contributed by atoms with E-state index in [0.29, 0.717) is 13.2 Å². The van der Waals surface area contributed by atoms with Gasteiger partial charge in [0.15, 0.2) is 11.6 Å². The standard InChI is InChI=1S/C19H22N8O/c1-12-11-28-7-6-26(12)18-8-14(15-10-25(3)23-13(15)2)17-9-20-19(27(17)24-18)16-4-5-21-22-16/h4-5,8-10,12H,6-7,11H2,1-3H3,(H,21,22)/t12-/m1/s1. The normalized spacial score (nSPS) is 17.5. The Morgan fingerprint density at radius 3 is 2.86 bits per heavy atom. The quantitative estimate of drug-likeness (QED) is 0.587. The molecule has 28 heavy (non-hydrogen) atoms. The topological polar surface area (TPSA) is 89.2 Å². The monoisotopic (exact) mass is 378 g/mol. The minimum absolute atomic E-state index is 0.251. The largest absolute Gasteiger partial charge is 0.377 e. The number of ether oxygens (including phenoxy) is 1. The van der Waals surface area contributed by atoms with Crippen LogP contribution in [-0.4, -0.2) is 60.4 Å². The maximum Gasteiger partial charge on any atom is 0.179 e. The van der Waals surface area contributed by atoms with Gasteiger partial charge in [-0.1, -0.05) is 0 Å². The average molecular weight is 378 g/mol. The fourth-order valence-corrected chi connectivity index (χ4v) is 3.82. The van der Waals surface area contributed by atoms with E-state index in [1.807, 2.05) is 41.6 Å². The van der Waals surface area contributed by atoms with Gasteiger partial charge in [0.05, 0.1) is 36.7 Å². The van der Waals surface area contributed by atoms with Gasteiger partial charge in [0.25, 0.3) is 0 Å². The van der Waals surface area contributed by atoms with Crippen molar-refractivity contribution in [3.63, 3.8) is 0 Å². The van der Waals surface area contributed by atoms with Gasteiger partial charge in [-0.2, -0.15) is 10.2 Å². The number of rotatable bonds is 3. The van der Waals surface area contributed by atoms with Crippen molar-refractivity contribution >= 4 is 11.3 Å². The minimum Gasteiger partial charge on any atom is -0.377 e. The summed E-state index contributed by atoms with van der Waals surface area (Å²) >= 11 is 0. The van der Waals surface area contributed by atoms with Crippen molar-refractivity contribution in [2.24, 2.45) is 7.05 Å². The Balaban J connectivity index is 1.76. The lowest BCUT2D eigenvalue weighted by Gasteiger charge is -2.34. The summed E-state index contributed by atoms with van der Waals surface area (Å²) in [7, 11) is 1.94. The van der Waals surface area contributed by atoms with Crippen molar-refractivity contribution in [3.05, 3.63) is 36.4 Å². The molecule has 5 heterocycles. The number of hydrogen-bond acceptors (Lipinski definition) is 6. The van der Waals surface area contributed by atoms with Crippen LogP contribution in [0.5, 0.6) is 0 Å². The van der Waals surface area contributed by atoms with Gasteiger partial charge in [0.1, 0.15) is 5.69 Å². The number of nitrogens with one attached hydrogen (secondary N) is 1. The Bertz CT molecular complexity index is 1130. The number of aromatic nitrogens is 7. The van der Waals surface area contributed by atoms with Crippen molar-refractivity contribution < 1.29 is 4.74 Å². The van der Waals surface area contributed by atoms with E-state index in [-0.39, 0.29) is 6.04 Å². The third-order valence-electron chi connectivity index (χ3n) is 5.20. The zero-order valence-electron chi connectivity index (χ0n) is 16.1. The second-order valence-corrected chi connectivity index (χ2v) is 7.18. The number of fused-ring (bicyclic) bond motifs is 1. The first-order chi connectivity index (χ1) is 13.6. The summed E-state index contributed by atoms with van der Waals surface area (Å²) in [6.45, 7) is 6.37. The van der Waals surface area contributed by atoms with E-state index in [4.69, 9.17) is 9.84 Å². The number of nitrogens with zero attached hydrogens (tertiary/aromatic N) is 7. The van der Waals surface area contributed by atoms with E-state index >= 15 is 0 Å². The van der Waals surface area contributed by atoms with Gasteiger partial charge in [0.2, 0.25) is 0 Å². The molecule has 0 aliphatic carbocycles. The van der Waals surface area contributed by atoms with E-state index in [1.165, 1.54) is 0 Å². The van der Waals surface area contributed by atoms with Crippen molar-refractivity contribution in [1.82, 2.24) is 34.6 Å². The number of imidazole rings is 1. The van der Waals surface area contributed by atoms with Gasteiger partial charge in [0, 0.05) is 37.1 Å². The molecule has 0 radical (unpaired) electrons. The van der Waals surface area contributed by atoms with E-state index < -0.39 is 0 Å². The summed E-state index contributed by atoms with van der Waals surface area (Å²) in [4.78, 5) is 6.91. The second-order valence-electron chi connectivity index (χ2n) is 7.18. The Morgan fingerprint density at radius 1 is 1.25 bits per heavy atom. The Hall–Kier alpha value is -3.20. The van der Waals surface area contributed by atoms with Gasteiger partial charge in [-0.25, -0.2) is 9.50 Å². The van der Waals surface area contributed by atoms with Gasteiger partial charge in [-0.05, 0) is 26.0 Å². The molecule has 1 aliphatic heterocycles. The maximum atomic E-state index is 5.61. The van der Waals surface area contributed by atoms with Crippen LogP contribution >= 0.6 is 0 Å². The predicted octanol–water partition coefficient (Wildman–Crippen LogP) is 2.05. The smallest absolute Gasteiger partial charge is 0.179 e. The molecule has 0 aromatic carbocycles. The van der Waals surface area contributed by atoms with Crippen LogP contribution in [-0.2, 0) is 11.8 Å². The molecule has 0 bridgehead atoms. The summed E-state index contributed by atoms with van der Waals surface area (Å²) in [6, 6.07) is 4.29. The molecule has 1 aliphatic rings. The van der Waals surface area contributed by atoms with E-state index in [2.05, 4.69) is 38.2 Å². The van der Waals surface area contributed by atoms with E-state index in [9.17, 15) is 0 Å². The maximum absolute atomic E-state index is 5.61. The molecule has 144 valence electrons. The van der Waals surface area contributed by atoms with Crippen LogP contribution in [0, 0.1) is 6.92 Å². The van der Waals surface area contributed by atoms with Gasteiger partial charge >= 0.3 is 0 Å². The van der Waals surface area contributed by atoms with E-state index in [1.54, 1.807) is 6.20 Å². The number of morpholine rings is 1. The first kappa shape index (κ1) is 16.9. The molecule has 4 aromatic heterocycles. The molecule has 9 heteroatoms. The van der Waals surface area contributed by atoms with Gasteiger partial charge < -0.3 is 9.64 Å². The Kier molecular flexibility index (Phi) is 3.90. The molecule has 0 spiro atoms. The number of anilines is 1. The number of aromatic amines is 1. The van der Waals surface area contributed by atoms with Crippen LogP contribution in [0.3, 0.4) is 0 Å². The van der Waals surface area contributed by atoms with Crippen molar-refractivity contribution in [3.8, 4) is 22.6 Å². The highest BCUT2D eigenvalue weighted by molar-refractivity contribution is 5.84. The molecule has 1 fully saturated rings. The summed E-state index contributed by atoms with van der Waals surface area (Å²) < 4.78 is 9.34. The first-order valence-corrected chi connectivity index (χ1v) is 9.35. The lowest BCUT2D eigenvalue weighted by atomic mass is 10.1. The highest BCUT2D eigenvalue weighted by Gasteiger charge is 2.24. The van der Waals surface area contributed by atoms with Crippen LogP contribution in [0.15, 0.2) is 30.7 Å². The fraction of sp³-hybridized carbons (Fsp3) is 0.368. The highest BCUT2D eigenvalue weighted by Crippen LogP contribution is 2.32. The van der Waals surface area contributed by atoms with Crippen LogP contribution in [0.1, 0.15) is 12.6 Å². The molecule has 0 amide bonds. The number of hydrogen-bond donors (Lipinski definition) is 1. The van der Waals surface area contributed by atoms with Gasteiger partial charge in [-0.15, -0.1) is 5.10 Å². The lowest BCUT2D eigenvalue weighted by Crippen LogP contribution is -2.44. The third kappa shape index (κ3) is 2.66. The second kappa shape index (κ2) is 6.45. The summed E-state index contributed by atoms with van der Waals surface area (Å²) in [6.07, 6.45) is 5.62. The lowest BCUT2D eigenvalue weighted by molar-refractivity contribution is 0.0984. The highest BCUT2D eigenvalue weighted by atomic mass is 16.5. The zero-order valence-corrected chi connectivity index (χ0v) is 16.1. The third-order valence-corrected chi connectivity index (χ3v) is 5.20. The molecule has 1 saturated heterocycles. The molecule has 0 saturated carbocycles. The molecular formula is C19H22N8O. The summed E-state index contributed by atoms with van der Waals surface area (Å²) in [5.41, 5.74) is 4.88. The SMILES string of the molecule is Cc1nn(C)cc1-c1cc(N2CCOC[C@H]2C)nn2c(-c3ccn[nH]3)ncc12. The number of aryl methyl sites for hydroxylation is 2. The molecule has 0 unspecified atom stereocenters. The number of H-pyrrole nitrogens is 1. The summed E-state index contributed by atoms with van der Waals surface area (Å²) in [5.74, 6) is 1.64. The van der Waals surface area contributed by atoms with Crippen molar-refractivity contribution in [1.29, 1.82) is 0 Å². The Labute approximate surface area is 161 Å². The van der Waals surface area contributed by atoms with Crippen LogP contribution in [0.25, 0.3) is 28.2 Å².